The van der Waals surface area contributed by atoms with Gasteiger partial charge >= 0.3 is 0 Å². The van der Waals surface area contributed by atoms with E-state index in [2.05, 4.69) is 4.98 Å². The maximum atomic E-state index is 13.2. The second-order valence-corrected chi connectivity index (χ2v) is 8.44. The summed E-state index contributed by atoms with van der Waals surface area (Å²) in [7, 11) is 0. The summed E-state index contributed by atoms with van der Waals surface area (Å²) in [6.45, 7) is 5.49. The Bertz CT molecular complexity index is 885. The molecular formula is C21H24FN3O3S. The van der Waals surface area contributed by atoms with Gasteiger partial charge in [-0.3, -0.25) is 9.59 Å². The Morgan fingerprint density at radius 1 is 1.07 bits per heavy atom. The van der Waals surface area contributed by atoms with Gasteiger partial charge in [-0.25, -0.2) is 9.37 Å². The average molecular weight is 418 g/mol. The van der Waals surface area contributed by atoms with Gasteiger partial charge in [0.25, 0.3) is 5.91 Å². The first-order valence-electron chi connectivity index (χ1n) is 9.92. The fourth-order valence-electron chi connectivity index (χ4n) is 3.83. The van der Waals surface area contributed by atoms with E-state index in [-0.39, 0.29) is 23.5 Å². The lowest BCUT2D eigenvalue weighted by Gasteiger charge is -2.35. The van der Waals surface area contributed by atoms with E-state index in [4.69, 9.17) is 4.74 Å². The van der Waals surface area contributed by atoms with Crippen molar-refractivity contribution < 1.29 is 18.7 Å². The summed E-state index contributed by atoms with van der Waals surface area (Å²) in [6, 6.07) is 6.13. The quantitative estimate of drug-likeness (QED) is 0.770. The second-order valence-electron chi connectivity index (χ2n) is 7.44. The molecule has 2 fully saturated rings. The number of carbonyl (C=O) groups is 2. The summed E-state index contributed by atoms with van der Waals surface area (Å²) in [5.41, 5.74) is 1.49. The molecule has 2 saturated heterocycles. The third-order valence-electron chi connectivity index (χ3n) is 5.54. The third kappa shape index (κ3) is 4.33. The Hall–Kier alpha value is -2.32. The molecule has 3 heterocycles. The first kappa shape index (κ1) is 20.0. The monoisotopic (exact) mass is 417 g/mol. The molecule has 0 saturated carbocycles. The number of ether oxygens (including phenoxy) is 1. The molecule has 4 rings (SSSR count). The number of aryl methyl sites for hydroxylation is 1. The van der Waals surface area contributed by atoms with E-state index in [9.17, 15) is 14.0 Å². The van der Waals surface area contributed by atoms with Gasteiger partial charge in [-0.05, 0) is 44.0 Å². The highest BCUT2D eigenvalue weighted by molar-refractivity contribution is 7.17. The van der Waals surface area contributed by atoms with Crippen LogP contribution >= 0.6 is 11.3 Å². The molecule has 2 aliphatic rings. The standard InChI is InChI=1S/C21H24FN3O3S/c1-14-18(29-19(23-14)15-2-4-17(22)5-3-15)21(27)24-8-6-16(7-9-24)20(26)25-10-12-28-13-11-25/h2-5,16H,6-13H2,1H3. The largest absolute Gasteiger partial charge is 0.378 e. The molecule has 0 aliphatic carbocycles. The Morgan fingerprint density at radius 2 is 1.72 bits per heavy atom. The number of carbonyl (C=O) groups excluding carboxylic acids is 2. The Kier molecular flexibility index (Phi) is 5.91. The maximum absolute atomic E-state index is 13.2. The van der Waals surface area contributed by atoms with Crippen molar-refractivity contribution in [1.29, 1.82) is 0 Å². The van der Waals surface area contributed by atoms with Crippen LogP contribution in [0.25, 0.3) is 10.6 Å². The summed E-state index contributed by atoms with van der Waals surface area (Å²) in [4.78, 5) is 34.5. The highest BCUT2D eigenvalue weighted by atomic mass is 32.1. The van der Waals surface area contributed by atoms with Gasteiger partial charge in [0.15, 0.2) is 0 Å². The van der Waals surface area contributed by atoms with Crippen LogP contribution in [0, 0.1) is 18.7 Å². The molecule has 2 aromatic rings. The molecule has 0 unspecified atom stereocenters. The van der Waals surface area contributed by atoms with Gasteiger partial charge in [0, 0.05) is 37.7 Å². The minimum absolute atomic E-state index is 0.0190. The highest BCUT2D eigenvalue weighted by Crippen LogP contribution is 2.30. The number of hydrogen-bond donors (Lipinski definition) is 0. The zero-order valence-corrected chi connectivity index (χ0v) is 17.2. The molecule has 0 spiro atoms. The molecule has 1 aromatic carbocycles. The van der Waals surface area contributed by atoms with E-state index in [0.717, 1.165) is 5.56 Å². The number of piperidine rings is 1. The van der Waals surface area contributed by atoms with Crippen LogP contribution in [0.5, 0.6) is 0 Å². The SMILES string of the molecule is Cc1nc(-c2ccc(F)cc2)sc1C(=O)N1CCC(C(=O)N2CCOCC2)CC1. The minimum atomic E-state index is -0.298. The van der Waals surface area contributed by atoms with Crippen LogP contribution in [0.2, 0.25) is 0 Å². The van der Waals surface area contributed by atoms with Crippen molar-refractivity contribution in [1.82, 2.24) is 14.8 Å². The van der Waals surface area contributed by atoms with Crippen LogP contribution in [-0.2, 0) is 9.53 Å². The summed E-state index contributed by atoms with van der Waals surface area (Å²) < 4.78 is 18.5. The Labute approximate surface area is 173 Å². The van der Waals surface area contributed by atoms with E-state index in [1.54, 1.807) is 12.1 Å². The Balaban J connectivity index is 1.39. The van der Waals surface area contributed by atoms with Crippen LogP contribution in [-0.4, -0.2) is 66.0 Å². The zero-order valence-electron chi connectivity index (χ0n) is 16.4. The van der Waals surface area contributed by atoms with Gasteiger partial charge < -0.3 is 14.5 Å². The molecule has 8 heteroatoms. The number of nitrogens with zero attached hydrogens (tertiary/aromatic N) is 3. The predicted molar refractivity (Wildman–Crippen MR) is 108 cm³/mol. The van der Waals surface area contributed by atoms with Gasteiger partial charge in [-0.1, -0.05) is 0 Å². The fourth-order valence-corrected chi connectivity index (χ4v) is 4.87. The van der Waals surface area contributed by atoms with Gasteiger partial charge in [-0.15, -0.1) is 11.3 Å². The van der Waals surface area contributed by atoms with Crippen molar-refractivity contribution in [2.45, 2.75) is 19.8 Å². The molecule has 2 amide bonds. The molecule has 0 N–H and O–H groups in total. The lowest BCUT2D eigenvalue weighted by Crippen LogP contribution is -2.47. The van der Waals surface area contributed by atoms with Crippen molar-refractivity contribution in [3.05, 3.63) is 40.7 Å². The number of rotatable bonds is 3. The number of likely N-dealkylation sites (tertiary alicyclic amines) is 1. The van der Waals surface area contributed by atoms with E-state index in [0.29, 0.717) is 67.8 Å². The average Bonchev–Trinajstić information content (AvgIpc) is 3.15. The van der Waals surface area contributed by atoms with Gasteiger partial charge in [0.05, 0.1) is 18.9 Å². The molecular weight excluding hydrogens is 393 g/mol. The molecule has 6 nitrogen and oxygen atoms in total. The van der Waals surface area contributed by atoms with Gasteiger partial charge in [-0.2, -0.15) is 0 Å². The fraction of sp³-hybridized carbons (Fsp3) is 0.476. The topological polar surface area (TPSA) is 62.7 Å². The lowest BCUT2D eigenvalue weighted by atomic mass is 9.95. The van der Waals surface area contributed by atoms with Crippen molar-refractivity contribution in [3.8, 4) is 10.6 Å². The first-order valence-corrected chi connectivity index (χ1v) is 10.7. The molecule has 29 heavy (non-hydrogen) atoms. The second kappa shape index (κ2) is 8.59. The maximum Gasteiger partial charge on any atom is 0.265 e. The first-order chi connectivity index (χ1) is 14.0. The molecule has 0 bridgehead atoms. The van der Waals surface area contributed by atoms with E-state index in [1.807, 2.05) is 16.7 Å². The van der Waals surface area contributed by atoms with Crippen molar-refractivity contribution in [2.24, 2.45) is 5.92 Å². The van der Waals surface area contributed by atoms with Crippen LogP contribution < -0.4 is 0 Å². The number of benzene rings is 1. The number of amides is 2. The summed E-state index contributed by atoms with van der Waals surface area (Å²) in [5.74, 6) is -0.166. The number of halogens is 1. The summed E-state index contributed by atoms with van der Waals surface area (Å²) >= 11 is 1.34. The third-order valence-corrected chi connectivity index (χ3v) is 6.73. The number of aromatic nitrogens is 1. The highest BCUT2D eigenvalue weighted by Gasteiger charge is 2.32. The number of hydrogen-bond acceptors (Lipinski definition) is 5. The predicted octanol–water partition coefficient (Wildman–Crippen LogP) is 2.97. The lowest BCUT2D eigenvalue weighted by molar-refractivity contribution is -0.141. The van der Waals surface area contributed by atoms with E-state index in [1.165, 1.54) is 23.5 Å². The minimum Gasteiger partial charge on any atom is -0.378 e. The zero-order chi connectivity index (χ0) is 20.4. The molecule has 154 valence electrons. The van der Waals surface area contributed by atoms with Crippen molar-refractivity contribution >= 4 is 23.2 Å². The molecule has 0 atom stereocenters. The van der Waals surface area contributed by atoms with Crippen molar-refractivity contribution in [2.75, 3.05) is 39.4 Å². The summed E-state index contributed by atoms with van der Waals surface area (Å²) in [6.07, 6.45) is 1.37. The van der Waals surface area contributed by atoms with Crippen LogP contribution in [0.1, 0.15) is 28.2 Å². The van der Waals surface area contributed by atoms with Crippen LogP contribution in [0.3, 0.4) is 0 Å². The summed E-state index contributed by atoms with van der Waals surface area (Å²) in [5, 5.41) is 0.711. The van der Waals surface area contributed by atoms with Crippen LogP contribution in [0.15, 0.2) is 24.3 Å². The molecule has 1 aromatic heterocycles. The smallest absolute Gasteiger partial charge is 0.265 e. The van der Waals surface area contributed by atoms with Gasteiger partial charge in [0.1, 0.15) is 15.7 Å². The van der Waals surface area contributed by atoms with Gasteiger partial charge in [0.2, 0.25) is 5.91 Å². The number of thiazole rings is 1. The van der Waals surface area contributed by atoms with Crippen LogP contribution in [0.4, 0.5) is 4.39 Å². The normalized spacial score (nSPS) is 18.1. The van der Waals surface area contributed by atoms with E-state index >= 15 is 0 Å². The van der Waals surface area contributed by atoms with E-state index < -0.39 is 0 Å². The number of morpholine rings is 1. The molecule has 2 aliphatic heterocycles. The van der Waals surface area contributed by atoms with Crippen molar-refractivity contribution in [3.63, 3.8) is 0 Å². The molecule has 0 radical (unpaired) electrons. The Morgan fingerprint density at radius 3 is 2.38 bits per heavy atom.